The van der Waals surface area contributed by atoms with Crippen molar-refractivity contribution in [3.8, 4) is 45.0 Å². The normalized spacial score (nSPS) is 12.2. The zero-order valence-electron chi connectivity index (χ0n) is 28.0. The molecule has 4 heteroatoms. The van der Waals surface area contributed by atoms with E-state index in [1.54, 1.807) is 0 Å². The Morgan fingerprint density at radius 3 is 1.98 bits per heavy atom. The summed E-state index contributed by atoms with van der Waals surface area (Å²) >= 11 is 0. The molecule has 0 bridgehead atoms. The molecule has 0 saturated heterocycles. The molecule has 0 fully saturated rings. The number of benzene rings is 7. The van der Waals surface area contributed by atoms with E-state index in [2.05, 4.69) is 172 Å². The highest BCUT2D eigenvalue weighted by Gasteiger charge is 2.25. The number of pyridine rings is 2. The van der Waals surface area contributed by atoms with Gasteiger partial charge in [0, 0.05) is 72.5 Å². The van der Waals surface area contributed by atoms with Crippen molar-refractivity contribution in [2.45, 2.75) is 0 Å². The van der Waals surface area contributed by atoms with Gasteiger partial charge in [0.1, 0.15) is 5.82 Å². The predicted molar refractivity (Wildman–Crippen MR) is 216 cm³/mol. The van der Waals surface area contributed by atoms with Crippen LogP contribution in [-0.2, 0) is 0 Å². The lowest BCUT2D eigenvalue weighted by Gasteiger charge is -2.11. The fourth-order valence-corrected chi connectivity index (χ4v) is 8.84. The first-order valence-corrected chi connectivity index (χ1v) is 17.7. The minimum atomic E-state index is 0.913. The van der Waals surface area contributed by atoms with Gasteiger partial charge in [-0.05, 0) is 71.1 Å². The molecule has 0 atom stereocenters. The lowest BCUT2D eigenvalue weighted by molar-refractivity contribution is 1.09. The minimum Gasteiger partial charge on any atom is -0.309 e. The third kappa shape index (κ3) is 3.70. The molecule has 7 aromatic carbocycles. The maximum absolute atomic E-state index is 5.45. The van der Waals surface area contributed by atoms with Gasteiger partial charge in [-0.3, -0.25) is 9.55 Å². The first kappa shape index (κ1) is 27.7. The summed E-state index contributed by atoms with van der Waals surface area (Å²) in [6, 6.07) is 57.3. The van der Waals surface area contributed by atoms with E-state index in [4.69, 9.17) is 4.98 Å². The largest absolute Gasteiger partial charge is 0.309 e. The second-order valence-corrected chi connectivity index (χ2v) is 13.8. The Kier molecular flexibility index (Phi) is 5.47. The maximum atomic E-state index is 5.45. The van der Waals surface area contributed by atoms with Gasteiger partial charge in [-0.15, -0.1) is 0 Å². The van der Waals surface area contributed by atoms with E-state index in [0.29, 0.717) is 0 Å². The van der Waals surface area contributed by atoms with Crippen LogP contribution in [0.25, 0.3) is 110 Å². The van der Waals surface area contributed by atoms with Crippen LogP contribution >= 0.6 is 0 Å². The topological polar surface area (TPSA) is 35.6 Å². The van der Waals surface area contributed by atoms with Crippen molar-refractivity contribution < 1.29 is 0 Å². The van der Waals surface area contributed by atoms with Crippen molar-refractivity contribution >= 4 is 65.2 Å². The van der Waals surface area contributed by atoms with Crippen molar-refractivity contribution in [2.75, 3.05) is 0 Å². The third-order valence-corrected chi connectivity index (χ3v) is 11.1. The molecule has 52 heavy (non-hydrogen) atoms. The molecule has 0 N–H and O–H groups in total. The Balaban J connectivity index is 1.09. The molecule has 12 rings (SSSR count). The van der Waals surface area contributed by atoms with E-state index >= 15 is 0 Å². The van der Waals surface area contributed by atoms with Crippen LogP contribution in [0.5, 0.6) is 0 Å². The number of para-hydroxylation sites is 2. The fourth-order valence-electron chi connectivity index (χ4n) is 8.84. The average Bonchev–Trinajstić information content (AvgIpc) is 3.84. The van der Waals surface area contributed by atoms with Crippen LogP contribution in [0.15, 0.2) is 170 Å². The van der Waals surface area contributed by atoms with Crippen molar-refractivity contribution in [1.82, 2.24) is 19.1 Å². The van der Waals surface area contributed by atoms with Crippen LogP contribution in [0.4, 0.5) is 0 Å². The number of hydrogen-bond acceptors (Lipinski definition) is 2. The van der Waals surface area contributed by atoms with Gasteiger partial charge in [-0.1, -0.05) is 103 Å². The van der Waals surface area contributed by atoms with Crippen molar-refractivity contribution in [2.24, 2.45) is 0 Å². The molecule has 0 saturated carbocycles. The van der Waals surface area contributed by atoms with Crippen molar-refractivity contribution in [3.63, 3.8) is 0 Å². The molecule has 1 aliphatic rings. The van der Waals surface area contributed by atoms with Gasteiger partial charge >= 0.3 is 0 Å². The maximum Gasteiger partial charge on any atom is 0.138 e. The van der Waals surface area contributed by atoms with E-state index in [1.165, 1.54) is 76.6 Å². The molecule has 0 spiro atoms. The SMILES string of the molecule is c1ccc(-n2c3ccccc3c3cc(-c4ccc5c(c4)c4ccc6ccccc6c4n5-c4ccc5c(n4)-c4cccc6cncc-5c46)ccc32)cc1. The molecule has 4 aromatic heterocycles. The Labute approximate surface area is 298 Å². The first-order valence-electron chi connectivity index (χ1n) is 17.7. The van der Waals surface area contributed by atoms with Gasteiger partial charge in [0.2, 0.25) is 0 Å². The minimum absolute atomic E-state index is 0.913. The number of fused-ring (bicyclic) bond motifs is 11. The zero-order chi connectivity index (χ0) is 33.9. The fraction of sp³-hybridized carbons (Fsp3) is 0. The molecule has 4 heterocycles. The molecule has 11 aromatic rings. The van der Waals surface area contributed by atoms with E-state index in [-0.39, 0.29) is 0 Å². The summed E-state index contributed by atoms with van der Waals surface area (Å²) in [5.41, 5.74) is 12.8. The summed E-state index contributed by atoms with van der Waals surface area (Å²) in [4.78, 5) is 10.00. The van der Waals surface area contributed by atoms with Gasteiger partial charge < -0.3 is 4.57 Å². The number of aromatic nitrogens is 4. The quantitative estimate of drug-likeness (QED) is 0.189. The van der Waals surface area contributed by atoms with Gasteiger partial charge in [0.15, 0.2) is 0 Å². The van der Waals surface area contributed by atoms with E-state index in [0.717, 1.165) is 33.5 Å². The second-order valence-electron chi connectivity index (χ2n) is 13.8. The van der Waals surface area contributed by atoms with Crippen LogP contribution in [0.3, 0.4) is 0 Å². The molecular weight excluding hydrogens is 633 g/mol. The lowest BCUT2D eigenvalue weighted by atomic mass is 10.00. The molecule has 4 nitrogen and oxygen atoms in total. The van der Waals surface area contributed by atoms with Crippen LogP contribution < -0.4 is 0 Å². The van der Waals surface area contributed by atoms with Crippen LogP contribution in [0, 0.1) is 0 Å². The van der Waals surface area contributed by atoms with E-state index < -0.39 is 0 Å². The Morgan fingerprint density at radius 1 is 0.404 bits per heavy atom. The van der Waals surface area contributed by atoms with Crippen LogP contribution in [-0.4, -0.2) is 19.1 Å². The van der Waals surface area contributed by atoms with Crippen LogP contribution in [0.1, 0.15) is 0 Å². The lowest BCUT2D eigenvalue weighted by Crippen LogP contribution is -1.99. The van der Waals surface area contributed by atoms with Crippen molar-refractivity contribution in [3.05, 3.63) is 170 Å². The third-order valence-electron chi connectivity index (χ3n) is 11.1. The van der Waals surface area contributed by atoms with E-state index in [9.17, 15) is 0 Å². The van der Waals surface area contributed by atoms with Gasteiger partial charge in [-0.2, -0.15) is 0 Å². The zero-order valence-corrected chi connectivity index (χ0v) is 28.0. The van der Waals surface area contributed by atoms with Gasteiger partial charge in [0.05, 0.1) is 27.8 Å². The highest BCUT2D eigenvalue weighted by molar-refractivity contribution is 6.20. The Morgan fingerprint density at radius 2 is 1.12 bits per heavy atom. The molecule has 0 aliphatic heterocycles. The summed E-state index contributed by atoms with van der Waals surface area (Å²) < 4.78 is 4.74. The van der Waals surface area contributed by atoms with E-state index in [1.807, 2.05) is 12.4 Å². The number of nitrogens with zero attached hydrogens (tertiary/aromatic N) is 4. The van der Waals surface area contributed by atoms with Gasteiger partial charge in [-0.25, -0.2) is 4.98 Å². The van der Waals surface area contributed by atoms with Crippen LogP contribution in [0.2, 0.25) is 0 Å². The molecule has 240 valence electrons. The number of rotatable bonds is 3. The summed E-state index contributed by atoms with van der Waals surface area (Å²) in [5.74, 6) is 0.913. The molecule has 0 unspecified atom stereocenters. The molecule has 1 aliphatic carbocycles. The molecule has 0 amide bonds. The highest BCUT2D eigenvalue weighted by Crippen LogP contribution is 2.47. The molecular formula is C48H28N4. The smallest absolute Gasteiger partial charge is 0.138 e. The Hall–Kier alpha value is -7.04. The first-order chi connectivity index (χ1) is 25.8. The summed E-state index contributed by atoms with van der Waals surface area (Å²) in [6.45, 7) is 0. The predicted octanol–water partition coefficient (Wildman–Crippen LogP) is 12.3. The molecule has 0 radical (unpaired) electrons. The monoisotopic (exact) mass is 660 g/mol. The highest BCUT2D eigenvalue weighted by atomic mass is 15.1. The standard InChI is InChI=1S/C48H28N4/c1-2-11-33(12-3-1)51-42-16-7-6-14-35(42)39-25-30(18-22-43(39)51)31-19-23-44-40(26-31)37-20-17-29-9-4-5-13-34(29)48(37)52(44)45-24-21-36-41-28-49-27-32-10-8-15-38(46(32)41)47(36)50-45/h1-28H. The Bertz CT molecular complexity index is 3290. The summed E-state index contributed by atoms with van der Waals surface area (Å²) in [5, 5.41) is 9.73. The summed E-state index contributed by atoms with van der Waals surface area (Å²) in [6.07, 6.45) is 3.93. The number of hydrogen-bond donors (Lipinski definition) is 0. The van der Waals surface area contributed by atoms with Gasteiger partial charge in [0.25, 0.3) is 0 Å². The second kappa shape index (κ2) is 10.3. The average molecular weight is 661 g/mol. The van der Waals surface area contributed by atoms with Crippen molar-refractivity contribution in [1.29, 1.82) is 0 Å². The summed E-state index contributed by atoms with van der Waals surface area (Å²) in [7, 11) is 0.